The third kappa shape index (κ3) is 11.5. The van der Waals surface area contributed by atoms with Crippen molar-refractivity contribution in [2.75, 3.05) is 87.7 Å². The molecule has 2 aliphatic heterocycles. The highest BCUT2D eigenvalue weighted by Gasteiger charge is 2.64. The van der Waals surface area contributed by atoms with E-state index in [2.05, 4.69) is 98.2 Å². The Morgan fingerprint density at radius 1 is 0.957 bits per heavy atom. The van der Waals surface area contributed by atoms with Crippen molar-refractivity contribution in [3.63, 3.8) is 0 Å². The molecule has 374 valence electrons. The standard InChI is InChI=1S/C52H70ClN13O4/c1-7-37-35-59-66-43(29-44(60-46(37)66)65-21-9-8-12-40(65)17-26-67)55-31-36-13-16-45(56-32-36)69-27-11-20-64-24-22-63(23-25-64)19-10-18-62(6)50-57-33-39(34-58-50)47(68)61-48-51(2,3)49(52(48,4)5)70-41-15-14-38(30-54)42(53)28-41/h13-16,28-29,32-35,40,48-49,55,67H,7-12,17-27,31H2,1-6H3,(H,61,68)/t40-,48?,49?/m0/s1. The average Bonchev–Trinajstić information content (AvgIpc) is 3.79. The van der Waals surface area contributed by atoms with Gasteiger partial charge in [-0.3, -0.25) is 4.79 Å². The molecule has 1 amide bonds. The number of aromatic nitrogens is 6. The van der Waals surface area contributed by atoms with E-state index >= 15 is 0 Å². The molecule has 0 radical (unpaired) electrons. The van der Waals surface area contributed by atoms with E-state index in [-0.39, 0.29) is 41.5 Å². The zero-order valence-corrected chi connectivity index (χ0v) is 42.5. The van der Waals surface area contributed by atoms with Gasteiger partial charge < -0.3 is 44.8 Å². The molecule has 5 aromatic rings. The molecule has 1 saturated carbocycles. The summed E-state index contributed by atoms with van der Waals surface area (Å²) in [6.45, 7) is 19.7. The van der Waals surface area contributed by atoms with Crippen LogP contribution in [0.4, 0.5) is 17.6 Å². The first-order valence-corrected chi connectivity index (χ1v) is 25.4. The molecule has 8 rings (SSSR count). The van der Waals surface area contributed by atoms with E-state index in [4.69, 9.17) is 26.1 Å². The third-order valence-electron chi connectivity index (χ3n) is 14.5. The summed E-state index contributed by atoms with van der Waals surface area (Å²) in [5, 5.41) is 30.8. The predicted octanol–water partition coefficient (Wildman–Crippen LogP) is 6.88. The van der Waals surface area contributed by atoms with Crippen molar-refractivity contribution >= 4 is 40.7 Å². The quantitative estimate of drug-likeness (QED) is 0.0646. The minimum atomic E-state index is -0.376. The first-order valence-electron chi connectivity index (χ1n) is 25.0. The van der Waals surface area contributed by atoms with Crippen LogP contribution in [0.2, 0.25) is 5.02 Å². The third-order valence-corrected chi connectivity index (χ3v) is 14.9. The van der Waals surface area contributed by atoms with E-state index in [1.807, 2.05) is 34.9 Å². The van der Waals surface area contributed by atoms with E-state index < -0.39 is 0 Å². The Morgan fingerprint density at radius 2 is 1.70 bits per heavy atom. The molecule has 4 aromatic heterocycles. The normalized spacial score (nSPS) is 20.1. The molecule has 3 N–H and O–H groups in total. The number of aryl methyl sites for hydroxylation is 1. The van der Waals surface area contributed by atoms with Gasteiger partial charge in [0.25, 0.3) is 5.91 Å². The number of halogens is 1. The summed E-state index contributed by atoms with van der Waals surface area (Å²) >= 11 is 6.26. The number of hydrogen-bond acceptors (Lipinski definition) is 15. The molecule has 17 nitrogen and oxygen atoms in total. The SMILES string of the molecule is CCc1cnn2c(NCc3ccc(OCCCN4CCN(CCCN(C)c5ncc(C(=O)NC6C(C)(C)C(Oc7ccc(C#N)c(Cl)c7)C6(C)C)cn5)CC4)nc3)cc(N3CCCC[C@H]3CCO)nc12. The lowest BCUT2D eigenvalue weighted by Crippen LogP contribution is -2.74. The Morgan fingerprint density at radius 3 is 2.37 bits per heavy atom. The van der Waals surface area contributed by atoms with Crippen molar-refractivity contribution in [3.05, 3.63) is 88.5 Å². The van der Waals surface area contributed by atoms with Crippen LogP contribution in [0.3, 0.4) is 0 Å². The summed E-state index contributed by atoms with van der Waals surface area (Å²) in [5.41, 5.74) is 3.08. The number of fused-ring (bicyclic) bond motifs is 1. The van der Waals surface area contributed by atoms with Crippen molar-refractivity contribution in [3.8, 4) is 17.7 Å². The maximum atomic E-state index is 13.4. The van der Waals surface area contributed by atoms with E-state index in [0.717, 1.165) is 119 Å². The van der Waals surface area contributed by atoms with Crippen molar-refractivity contribution < 1.29 is 19.4 Å². The maximum absolute atomic E-state index is 13.4. The summed E-state index contributed by atoms with van der Waals surface area (Å²) in [5.74, 6) is 3.40. The second kappa shape index (κ2) is 22.5. The van der Waals surface area contributed by atoms with Gasteiger partial charge in [-0.1, -0.05) is 52.3 Å². The number of pyridine rings is 1. The first-order chi connectivity index (χ1) is 33.8. The molecule has 3 fully saturated rings. The van der Waals surface area contributed by atoms with Gasteiger partial charge >= 0.3 is 0 Å². The van der Waals surface area contributed by atoms with Gasteiger partial charge in [-0.05, 0) is 69.2 Å². The van der Waals surface area contributed by atoms with Gasteiger partial charge in [0.1, 0.15) is 29.6 Å². The molecule has 0 bridgehead atoms. The fourth-order valence-corrected chi connectivity index (χ4v) is 11.1. The molecule has 0 spiro atoms. The van der Waals surface area contributed by atoms with Crippen LogP contribution in [0.1, 0.15) is 100 Å². The lowest BCUT2D eigenvalue weighted by Gasteiger charge is -2.63. The topological polar surface area (TPSA) is 185 Å². The number of carbonyl (C=O) groups is 1. The Balaban J connectivity index is 0.711. The van der Waals surface area contributed by atoms with Crippen molar-refractivity contribution in [1.82, 2.24) is 44.7 Å². The molecular weight excluding hydrogens is 906 g/mol. The number of hydrogen-bond donors (Lipinski definition) is 3. The van der Waals surface area contributed by atoms with Crippen molar-refractivity contribution in [2.45, 2.75) is 104 Å². The average molecular weight is 977 g/mol. The molecule has 1 atom stereocenters. The highest BCUT2D eigenvalue weighted by Crippen LogP contribution is 2.55. The summed E-state index contributed by atoms with van der Waals surface area (Å²) < 4.78 is 14.3. The van der Waals surface area contributed by atoms with Gasteiger partial charge in [0.05, 0.1) is 29.0 Å². The number of anilines is 3. The number of aliphatic hydroxyl groups is 1. The summed E-state index contributed by atoms with van der Waals surface area (Å²) in [6.07, 6.45) is 13.6. The largest absolute Gasteiger partial charge is 0.489 e. The van der Waals surface area contributed by atoms with E-state index in [9.17, 15) is 15.2 Å². The maximum Gasteiger partial charge on any atom is 0.254 e. The minimum absolute atomic E-state index is 0.163. The van der Waals surface area contributed by atoms with Crippen LogP contribution in [0.15, 0.2) is 61.2 Å². The Kier molecular flexibility index (Phi) is 16.3. The lowest BCUT2D eigenvalue weighted by atomic mass is 9.49. The van der Waals surface area contributed by atoms with Gasteiger partial charge in [0, 0.05) is 131 Å². The second-order valence-corrected chi connectivity index (χ2v) is 20.6. The molecule has 1 aliphatic carbocycles. The van der Waals surface area contributed by atoms with E-state index in [1.54, 1.807) is 30.6 Å². The minimum Gasteiger partial charge on any atom is -0.489 e. The second-order valence-electron chi connectivity index (χ2n) is 20.2. The van der Waals surface area contributed by atoms with Crippen LogP contribution in [-0.4, -0.2) is 141 Å². The van der Waals surface area contributed by atoms with Crippen molar-refractivity contribution in [2.24, 2.45) is 10.8 Å². The summed E-state index contributed by atoms with van der Waals surface area (Å²) in [7, 11) is 1.99. The number of piperazine rings is 1. The zero-order chi connectivity index (χ0) is 49.4. The number of amides is 1. The van der Waals surface area contributed by atoms with Gasteiger partial charge in [-0.2, -0.15) is 14.9 Å². The highest BCUT2D eigenvalue weighted by molar-refractivity contribution is 6.31. The monoisotopic (exact) mass is 976 g/mol. The van der Waals surface area contributed by atoms with Crippen LogP contribution in [0, 0.1) is 22.2 Å². The molecule has 2 saturated heterocycles. The Bertz CT molecular complexity index is 2560. The van der Waals surface area contributed by atoms with Gasteiger partial charge in [0.15, 0.2) is 5.65 Å². The highest BCUT2D eigenvalue weighted by atomic mass is 35.5. The number of benzene rings is 1. The van der Waals surface area contributed by atoms with Crippen LogP contribution in [0.5, 0.6) is 11.6 Å². The predicted molar refractivity (Wildman–Crippen MR) is 273 cm³/mol. The number of nitrogens with one attached hydrogen (secondary N) is 2. The number of nitrogens with zero attached hydrogens (tertiary/aromatic N) is 11. The fourth-order valence-electron chi connectivity index (χ4n) is 10.8. The molecular formula is C52H70ClN13O4. The number of piperidine rings is 1. The summed E-state index contributed by atoms with van der Waals surface area (Å²) in [6, 6.07) is 13.4. The molecule has 70 heavy (non-hydrogen) atoms. The lowest BCUT2D eigenvalue weighted by molar-refractivity contribution is -0.164. The van der Waals surface area contributed by atoms with Crippen LogP contribution in [0.25, 0.3) is 5.65 Å². The fraction of sp³-hybridized carbons (Fsp3) is 0.558. The number of nitriles is 1. The van der Waals surface area contributed by atoms with Crippen LogP contribution < -0.4 is 29.9 Å². The Labute approximate surface area is 417 Å². The molecule has 3 aliphatic rings. The number of ether oxygens (including phenoxy) is 2. The number of rotatable bonds is 21. The van der Waals surface area contributed by atoms with Crippen LogP contribution >= 0.6 is 11.6 Å². The molecule has 18 heteroatoms. The first kappa shape index (κ1) is 50.6. The van der Waals surface area contributed by atoms with Crippen molar-refractivity contribution in [1.29, 1.82) is 5.26 Å². The zero-order valence-electron chi connectivity index (χ0n) is 41.7. The number of carbonyl (C=O) groups excluding carboxylic acids is 1. The van der Waals surface area contributed by atoms with Gasteiger partial charge in [-0.15, -0.1) is 0 Å². The Hall–Kier alpha value is -5.80. The van der Waals surface area contributed by atoms with E-state index in [1.165, 1.54) is 6.42 Å². The van der Waals surface area contributed by atoms with Gasteiger partial charge in [0.2, 0.25) is 11.8 Å². The van der Waals surface area contributed by atoms with E-state index in [0.29, 0.717) is 46.9 Å². The smallest absolute Gasteiger partial charge is 0.254 e. The summed E-state index contributed by atoms with van der Waals surface area (Å²) in [4.78, 5) is 41.6. The molecule has 6 heterocycles. The van der Waals surface area contributed by atoms with Gasteiger partial charge in [-0.25, -0.2) is 19.9 Å². The van der Waals surface area contributed by atoms with Crippen LogP contribution in [-0.2, 0) is 13.0 Å². The molecule has 0 unspecified atom stereocenters. The number of aliphatic hydroxyl groups excluding tert-OH is 1. The molecule has 1 aromatic carbocycles.